The lowest BCUT2D eigenvalue weighted by atomic mass is 9.80. The number of amides is 6. The summed E-state index contributed by atoms with van der Waals surface area (Å²) in [5.74, 6) is -2.73. The van der Waals surface area contributed by atoms with Crippen molar-refractivity contribution in [2.75, 3.05) is 26.7 Å². The molecular weight excluding hydrogens is 664 g/mol. The predicted octanol–water partition coefficient (Wildman–Crippen LogP) is 2.16. The minimum absolute atomic E-state index is 0.129. The molecule has 6 amide bonds. The van der Waals surface area contributed by atoms with Gasteiger partial charge in [0.15, 0.2) is 0 Å². The highest BCUT2D eigenvalue weighted by Crippen LogP contribution is 2.34. The van der Waals surface area contributed by atoms with Crippen molar-refractivity contribution in [3.05, 3.63) is 48.2 Å². The summed E-state index contributed by atoms with van der Waals surface area (Å²) in [5.41, 5.74) is 5.68. The maximum atomic E-state index is 14.2. The van der Waals surface area contributed by atoms with Crippen LogP contribution in [0.1, 0.15) is 97.6 Å². The minimum atomic E-state index is -1.09. The highest BCUT2D eigenvalue weighted by molar-refractivity contribution is 6.38. The van der Waals surface area contributed by atoms with Gasteiger partial charge in [-0.1, -0.05) is 76.9 Å². The van der Waals surface area contributed by atoms with Gasteiger partial charge in [-0.3, -0.25) is 24.0 Å². The Bertz CT molecular complexity index is 1440. The Morgan fingerprint density at radius 2 is 1.63 bits per heavy atom. The van der Waals surface area contributed by atoms with E-state index in [1.54, 1.807) is 24.3 Å². The van der Waals surface area contributed by atoms with E-state index in [1.807, 2.05) is 40.7 Å². The van der Waals surface area contributed by atoms with E-state index in [1.165, 1.54) is 11.9 Å². The van der Waals surface area contributed by atoms with E-state index >= 15 is 0 Å². The Labute approximate surface area is 308 Å². The van der Waals surface area contributed by atoms with Gasteiger partial charge in [-0.15, -0.1) is 0 Å². The first kappa shape index (κ1) is 42.0. The number of nitrogens with one attached hydrogen (secondary N) is 6. The monoisotopic (exact) mass is 724 g/mol. The lowest BCUT2D eigenvalue weighted by Crippen LogP contribution is -2.62. The summed E-state index contributed by atoms with van der Waals surface area (Å²) in [6.45, 7) is 14.0. The second kappa shape index (κ2) is 18.9. The summed E-state index contributed by atoms with van der Waals surface area (Å²) in [6.07, 6.45) is 5.05. The van der Waals surface area contributed by atoms with E-state index in [0.29, 0.717) is 50.0 Å². The van der Waals surface area contributed by atoms with Gasteiger partial charge < -0.3 is 42.5 Å². The molecule has 288 valence electrons. The Morgan fingerprint density at radius 1 is 0.962 bits per heavy atom. The molecule has 8 N–H and O–H groups in total. The third-order valence-electron chi connectivity index (χ3n) is 9.83. The fraction of sp³-hybridized carbons (Fsp3) is 0.632. The Kier molecular flexibility index (Phi) is 15.2. The third-order valence-corrected chi connectivity index (χ3v) is 9.83. The molecule has 14 nitrogen and oxygen atoms in total. The summed E-state index contributed by atoms with van der Waals surface area (Å²) in [7, 11) is 1.52. The number of hydrogen-bond donors (Lipinski definition) is 7. The van der Waals surface area contributed by atoms with Gasteiger partial charge >= 0.3 is 6.03 Å². The fourth-order valence-electron chi connectivity index (χ4n) is 6.70. The number of hydrogen-bond acceptors (Lipinski definition) is 8. The number of ketones is 1. The van der Waals surface area contributed by atoms with Gasteiger partial charge in [0.2, 0.25) is 23.5 Å². The molecule has 0 radical (unpaired) electrons. The molecule has 3 rings (SSSR count). The first-order valence-electron chi connectivity index (χ1n) is 18.5. The van der Waals surface area contributed by atoms with Crippen LogP contribution in [0.4, 0.5) is 4.79 Å². The van der Waals surface area contributed by atoms with Crippen molar-refractivity contribution in [1.82, 2.24) is 36.8 Å². The first-order valence-corrected chi connectivity index (χ1v) is 18.5. The molecule has 1 aliphatic heterocycles. The second-order valence-electron chi connectivity index (χ2n) is 15.4. The molecule has 1 saturated carbocycles. The molecule has 1 saturated heterocycles. The van der Waals surface area contributed by atoms with Crippen molar-refractivity contribution >= 4 is 35.4 Å². The summed E-state index contributed by atoms with van der Waals surface area (Å²) in [5, 5.41) is 16.8. The SMILES string of the molecule is C=C(CNC(=O)C(=O)C(CC1CC1)NC(=O)C1CCCN1C(=O)C(NC(=O)NC(C)(C)CCC)C(C)(C)CCN)NC(C(=O)NC)c1ccccc1. The van der Waals surface area contributed by atoms with E-state index in [2.05, 4.69) is 38.5 Å². The number of nitrogens with zero attached hydrogens (tertiary/aromatic N) is 1. The Morgan fingerprint density at radius 3 is 2.23 bits per heavy atom. The number of rotatable bonds is 20. The maximum Gasteiger partial charge on any atom is 0.315 e. The summed E-state index contributed by atoms with van der Waals surface area (Å²) >= 11 is 0. The molecule has 4 atom stereocenters. The van der Waals surface area contributed by atoms with Gasteiger partial charge in [-0.05, 0) is 69.4 Å². The van der Waals surface area contributed by atoms with Crippen molar-refractivity contribution in [3.8, 4) is 0 Å². The van der Waals surface area contributed by atoms with Crippen molar-refractivity contribution in [2.24, 2.45) is 17.1 Å². The van der Waals surface area contributed by atoms with Crippen LogP contribution >= 0.6 is 0 Å². The predicted molar refractivity (Wildman–Crippen MR) is 199 cm³/mol. The number of carbonyl (C=O) groups is 6. The van der Waals surface area contributed by atoms with Gasteiger partial charge in [0.25, 0.3) is 5.91 Å². The van der Waals surface area contributed by atoms with E-state index in [-0.39, 0.29) is 18.4 Å². The molecule has 2 aliphatic rings. The van der Waals surface area contributed by atoms with E-state index < -0.39 is 64.7 Å². The van der Waals surface area contributed by atoms with Crippen LogP contribution in [0.2, 0.25) is 0 Å². The average Bonchev–Trinajstić information content (AvgIpc) is 3.77. The lowest BCUT2D eigenvalue weighted by molar-refractivity contribution is -0.144. The van der Waals surface area contributed by atoms with E-state index in [0.717, 1.165) is 25.7 Å². The molecule has 52 heavy (non-hydrogen) atoms. The third kappa shape index (κ3) is 12.1. The quantitative estimate of drug-likeness (QED) is 0.0991. The Hall–Kier alpha value is -4.46. The molecule has 0 spiro atoms. The van der Waals surface area contributed by atoms with Crippen molar-refractivity contribution in [3.63, 3.8) is 0 Å². The fourth-order valence-corrected chi connectivity index (χ4v) is 6.70. The van der Waals surface area contributed by atoms with Gasteiger partial charge in [-0.25, -0.2) is 4.79 Å². The smallest absolute Gasteiger partial charge is 0.315 e. The zero-order valence-corrected chi connectivity index (χ0v) is 31.7. The van der Waals surface area contributed by atoms with Crippen molar-refractivity contribution in [2.45, 2.75) is 116 Å². The number of urea groups is 1. The molecule has 1 heterocycles. The number of benzene rings is 1. The summed E-state index contributed by atoms with van der Waals surface area (Å²) < 4.78 is 0. The highest BCUT2D eigenvalue weighted by Gasteiger charge is 2.45. The second-order valence-corrected chi connectivity index (χ2v) is 15.4. The molecule has 0 bridgehead atoms. The van der Waals surface area contributed by atoms with Crippen LogP contribution in [-0.2, 0) is 24.0 Å². The molecule has 1 aromatic rings. The lowest BCUT2D eigenvalue weighted by Gasteiger charge is -2.38. The zero-order chi connectivity index (χ0) is 38.6. The molecular formula is C38H60N8O6. The molecule has 1 aliphatic carbocycles. The van der Waals surface area contributed by atoms with Crippen LogP contribution in [0.15, 0.2) is 42.6 Å². The zero-order valence-electron chi connectivity index (χ0n) is 31.7. The van der Waals surface area contributed by atoms with Crippen LogP contribution in [0.25, 0.3) is 0 Å². The highest BCUT2D eigenvalue weighted by atomic mass is 16.2. The van der Waals surface area contributed by atoms with Gasteiger partial charge in [-0.2, -0.15) is 0 Å². The summed E-state index contributed by atoms with van der Waals surface area (Å²) in [6, 6.07) is 4.83. The van der Waals surface area contributed by atoms with Gasteiger partial charge in [0, 0.05) is 24.8 Å². The normalized spacial score (nSPS) is 17.6. The standard InChI is InChI=1S/C38H60N8O6/c1-8-18-38(5,6)45-36(52)44-31(37(3,4)19-20-39)35(51)46-21-12-15-28(46)32(48)43-27(22-25-16-17-25)30(47)34(50)41-23-24(2)42-29(33(49)40-7)26-13-10-9-11-14-26/h9-11,13-14,25,27-29,31,42H,2,8,12,15-23,39H2,1,3-7H3,(H,40,49)(H,41,50)(H,43,48)(H2,44,45,52). The number of carbonyl (C=O) groups excluding carboxylic acids is 6. The topological polar surface area (TPSA) is 204 Å². The van der Waals surface area contributed by atoms with E-state index in [9.17, 15) is 28.8 Å². The molecule has 14 heteroatoms. The number of Topliss-reactive ketones (excluding diaryl/α,β-unsaturated/α-hetero) is 1. The first-order chi connectivity index (χ1) is 24.5. The number of likely N-dealkylation sites (N-methyl/N-ethyl adjacent to an activating group) is 1. The van der Waals surface area contributed by atoms with Crippen LogP contribution < -0.4 is 37.6 Å². The Balaban J connectivity index is 1.69. The molecule has 1 aromatic carbocycles. The van der Waals surface area contributed by atoms with Gasteiger partial charge in [0.05, 0.1) is 12.6 Å². The number of likely N-dealkylation sites (tertiary alicyclic amines) is 1. The largest absolute Gasteiger partial charge is 0.372 e. The van der Waals surface area contributed by atoms with Crippen LogP contribution in [0.3, 0.4) is 0 Å². The molecule has 0 aromatic heterocycles. The van der Waals surface area contributed by atoms with Crippen LogP contribution in [-0.4, -0.2) is 90.7 Å². The van der Waals surface area contributed by atoms with Crippen LogP contribution in [0.5, 0.6) is 0 Å². The van der Waals surface area contributed by atoms with Crippen molar-refractivity contribution in [1.29, 1.82) is 0 Å². The average molecular weight is 725 g/mol. The van der Waals surface area contributed by atoms with Crippen molar-refractivity contribution < 1.29 is 28.8 Å². The van der Waals surface area contributed by atoms with Gasteiger partial charge in [0.1, 0.15) is 18.1 Å². The van der Waals surface area contributed by atoms with Crippen LogP contribution in [0, 0.1) is 11.3 Å². The molecule has 2 fully saturated rings. The molecule has 4 unspecified atom stereocenters. The number of nitrogens with two attached hydrogens (primary N) is 1. The minimum Gasteiger partial charge on any atom is -0.372 e. The maximum absolute atomic E-state index is 14.2. The van der Waals surface area contributed by atoms with E-state index in [4.69, 9.17) is 5.73 Å². The summed E-state index contributed by atoms with van der Waals surface area (Å²) in [4.78, 5) is 81.8.